The van der Waals surface area contributed by atoms with Crippen LogP contribution in [0.15, 0.2) is 0 Å². The van der Waals surface area contributed by atoms with E-state index < -0.39 is 5.92 Å². The summed E-state index contributed by atoms with van der Waals surface area (Å²) in [6.07, 6.45) is 2.98. The maximum Gasteiger partial charge on any atom is 0.316 e. The van der Waals surface area contributed by atoms with Gasteiger partial charge in [-0.05, 0) is 25.7 Å². The first-order chi connectivity index (χ1) is 7.29. The summed E-state index contributed by atoms with van der Waals surface area (Å²) in [7, 11) is 0. The Morgan fingerprint density at radius 3 is 2.53 bits per heavy atom. The molecule has 2 heterocycles. The minimum Gasteiger partial charge on any atom is -0.465 e. The molecule has 0 aromatic rings. The molecule has 2 rings (SSSR count). The molecule has 15 heavy (non-hydrogen) atoms. The van der Waals surface area contributed by atoms with E-state index in [4.69, 9.17) is 9.47 Å². The second kappa shape index (κ2) is 4.75. The van der Waals surface area contributed by atoms with Crippen molar-refractivity contribution in [2.75, 3.05) is 19.8 Å². The Bertz CT molecular complexity index is 255. The number of Topliss-reactive ketones (excluding diaryl/α,β-unsaturated/α-hetero) is 1. The van der Waals surface area contributed by atoms with Crippen LogP contribution in [0.3, 0.4) is 0 Å². The van der Waals surface area contributed by atoms with Gasteiger partial charge in [-0.2, -0.15) is 0 Å². The molecular weight excluding hydrogens is 196 g/mol. The molecule has 0 radical (unpaired) electrons. The molecule has 2 fully saturated rings. The van der Waals surface area contributed by atoms with Gasteiger partial charge in [-0.3, -0.25) is 9.59 Å². The Hall–Kier alpha value is -0.900. The van der Waals surface area contributed by atoms with Crippen LogP contribution in [0.5, 0.6) is 0 Å². The lowest BCUT2D eigenvalue weighted by Crippen LogP contribution is -2.36. The van der Waals surface area contributed by atoms with Gasteiger partial charge in [-0.15, -0.1) is 0 Å². The van der Waals surface area contributed by atoms with Crippen LogP contribution in [0.25, 0.3) is 0 Å². The topological polar surface area (TPSA) is 52.6 Å². The highest BCUT2D eigenvalue weighted by Gasteiger charge is 2.35. The first-order valence-electron chi connectivity index (χ1n) is 5.57. The van der Waals surface area contributed by atoms with Crippen LogP contribution < -0.4 is 0 Å². The Morgan fingerprint density at radius 1 is 1.13 bits per heavy atom. The zero-order valence-corrected chi connectivity index (χ0v) is 8.74. The lowest BCUT2D eigenvalue weighted by molar-refractivity contribution is -0.158. The van der Waals surface area contributed by atoms with Crippen molar-refractivity contribution in [2.24, 2.45) is 11.8 Å². The second-order valence-electron chi connectivity index (χ2n) is 4.15. The Balaban J connectivity index is 1.95. The van der Waals surface area contributed by atoms with Crippen LogP contribution in [0.1, 0.15) is 25.7 Å². The van der Waals surface area contributed by atoms with Crippen LogP contribution in [0.2, 0.25) is 0 Å². The zero-order valence-electron chi connectivity index (χ0n) is 8.74. The van der Waals surface area contributed by atoms with Crippen LogP contribution >= 0.6 is 0 Å². The van der Waals surface area contributed by atoms with E-state index in [-0.39, 0.29) is 17.7 Å². The number of cyclic esters (lactones) is 1. The minimum absolute atomic E-state index is 0.00870. The van der Waals surface area contributed by atoms with Crippen LogP contribution in [-0.4, -0.2) is 31.6 Å². The molecule has 2 aliphatic heterocycles. The number of carbonyl (C=O) groups is 2. The molecule has 0 saturated carbocycles. The Labute approximate surface area is 88.9 Å². The van der Waals surface area contributed by atoms with Crippen molar-refractivity contribution in [2.45, 2.75) is 25.7 Å². The summed E-state index contributed by atoms with van der Waals surface area (Å²) in [4.78, 5) is 23.4. The fraction of sp³-hybridized carbons (Fsp3) is 0.818. The summed E-state index contributed by atoms with van der Waals surface area (Å²) in [6, 6.07) is 0. The van der Waals surface area contributed by atoms with Gasteiger partial charge in [-0.25, -0.2) is 0 Å². The van der Waals surface area contributed by atoms with Gasteiger partial charge in [0.1, 0.15) is 11.7 Å². The summed E-state index contributed by atoms with van der Waals surface area (Å²) in [5.41, 5.74) is 0. The van der Waals surface area contributed by atoms with E-state index in [1.165, 1.54) is 0 Å². The molecule has 0 amide bonds. The van der Waals surface area contributed by atoms with Gasteiger partial charge < -0.3 is 9.47 Å². The lowest BCUT2D eigenvalue weighted by Gasteiger charge is -2.26. The van der Waals surface area contributed by atoms with Crippen molar-refractivity contribution < 1.29 is 19.1 Å². The molecule has 0 spiro atoms. The fourth-order valence-electron chi connectivity index (χ4n) is 2.20. The number of carbonyl (C=O) groups excluding carboxylic acids is 2. The third-order valence-corrected chi connectivity index (χ3v) is 3.13. The third-order valence-electron chi connectivity index (χ3n) is 3.13. The van der Waals surface area contributed by atoms with Crippen molar-refractivity contribution >= 4 is 11.8 Å². The number of hydrogen-bond acceptors (Lipinski definition) is 4. The van der Waals surface area contributed by atoms with Gasteiger partial charge in [0.05, 0.1) is 6.61 Å². The van der Waals surface area contributed by atoms with Crippen molar-refractivity contribution in [1.29, 1.82) is 0 Å². The van der Waals surface area contributed by atoms with Gasteiger partial charge >= 0.3 is 5.97 Å². The fourth-order valence-corrected chi connectivity index (χ4v) is 2.20. The van der Waals surface area contributed by atoms with E-state index in [1.54, 1.807) is 0 Å². The molecular formula is C11H16O4. The smallest absolute Gasteiger partial charge is 0.316 e. The standard InChI is InChI=1S/C11H16O4/c12-10(8-3-6-14-7-4-8)9-2-1-5-15-11(9)13/h8-9H,1-7H2. The summed E-state index contributed by atoms with van der Waals surface area (Å²) in [5, 5.41) is 0. The van der Waals surface area contributed by atoms with Gasteiger partial charge in [-0.1, -0.05) is 0 Å². The molecule has 84 valence electrons. The molecule has 1 unspecified atom stereocenters. The summed E-state index contributed by atoms with van der Waals surface area (Å²) in [6.45, 7) is 1.74. The summed E-state index contributed by atoms with van der Waals surface area (Å²) < 4.78 is 10.1. The van der Waals surface area contributed by atoms with Gasteiger partial charge in [0.15, 0.2) is 0 Å². The monoisotopic (exact) mass is 212 g/mol. The van der Waals surface area contributed by atoms with Crippen molar-refractivity contribution in [3.8, 4) is 0 Å². The average molecular weight is 212 g/mol. The molecule has 2 saturated heterocycles. The highest BCUT2D eigenvalue weighted by molar-refractivity contribution is 6.00. The normalized spacial score (nSPS) is 28.5. The van der Waals surface area contributed by atoms with Crippen molar-refractivity contribution in [1.82, 2.24) is 0 Å². The van der Waals surface area contributed by atoms with Crippen LogP contribution in [-0.2, 0) is 19.1 Å². The first kappa shape index (κ1) is 10.6. The first-order valence-corrected chi connectivity index (χ1v) is 5.57. The molecule has 4 nitrogen and oxygen atoms in total. The van der Waals surface area contributed by atoms with Crippen LogP contribution in [0, 0.1) is 11.8 Å². The predicted octanol–water partition coefficient (Wildman–Crippen LogP) is 0.935. The van der Waals surface area contributed by atoms with Gasteiger partial charge in [0.2, 0.25) is 0 Å². The quantitative estimate of drug-likeness (QED) is 0.505. The maximum atomic E-state index is 12.0. The molecule has 0 aromatic heterocycles. The van der Waals surface area contributed by atoms with E-state index in [0.29, 0.717) is 26.2 Å². The SMILES string of the molecule is O=C1OCCCC1C(=O)C1CCOCC1. The van der Waals surface area contributed by atoms with Gasteiger partial charge in [0.25, 0.3) is 0 Å². The molecule has 1 atom stereocenters. The van der Waals surface area contributed by atoms with E-state index in [1.807, 2.05) is 0 Å². The van der Waals surface area contributed by atoms with E-state index >= 15 is 0 Å². The molecule has 0 bridgehead atoms. The third kappa shape index (κ3) is 2.37. The second-order valence-corrected chi connectivity index (χ2v) is 4.15. The largest absolute Gasteiger partial charge is 0.465 e. The zero-order chi connectivity index (χ0) is 10.7. The number of hydrogen-bond donors (Lipinski definition) is 0. The lowest BCUT2D eigenvalue weighted by atomic mass is 9.84. The molecule has 4 heteroatoms. The van der Waals surface area contributed by atoms with Gasteiger partial charge in [0, 0.05) is 19.1 Å². The molecule has 2 aliphatic rings. The van der Waals surface area contributed by atoms with E-state index in [0.717, 1.165) is 19.3 Å². The van der Waals surface area contributed by atoms with Crippen molar-refractivity contribution in [3.63, 3.8) is 0 Å². The number of ketones is 1. The highest BCUT2D eigenvalue weighted by Crippen LogP contribution is 2.25. The maximum absolute atomic E-state index is 12.0. The summed E-state index contributed by atoms with van der Waals surface area (Å²) in [5.74, 6) is -0.739. The van der Waals surface area contributed by atoms with E-state index in [2.05, 4.69) is 0 Å². The molecule has 0 N–H and O–H groups in total. The minimum atomic E-state index is -0.498. The molecule has 0 aromatic carbocycles. The molecule has 0 aliphatic carbocycles. The number of rotatable bonds is 2. The average Bonchev–Trinajstić information content (AvgIpc) is 2.30. The van der Waals surface area contributed by atoms with Crippen molar-refractivity contribution in [3.05, 3.63) is 0 Å². The Kier molecular flexibility index (Phi) is 3.36. The number of esters is 1. The Morgan fingerprint density at radius 2 is 1.87 bits per heavy atom. The predicted molar refractivity (Wildman–Crippen MR) is 52.2 cm³/mol. The van der Waals surface area contributed by atoms with E-state index in [9.17, 15) is 9.59 Å². The number of ether oxygens (including phenoxy) is 2. The summed E-state index contributed by atoms with van der Waals surface area (Å²) >= 11 is 0. The highest BCUT2D eigenvalue weighted by atomic mass is 16.5. The van der Waals surface area contributed by atoms with Crippen LogP contribution in [0.4, 0.5) is 0 Å².